The third-order valence-electron chi connectivity index (χ3n) is 9.87. The zero-order valence-electron chi connectivity index (χ0n) is 27.6. The van der Waals surface area contributed by atoms with Crippen LogP contribution in [0.1, 0.15) is 0 Å². The Morgan fingerprint density at radius 3 is 1.65 bits per heavy atom. The van der Waals surface area contributed by atoms with Gasteiger partial charge < -0.3 is 0 Å². The van der Waals surface area contributed by atoms with E-state index in [1.807, 2.05) is 29.5 Å². The lowest BCUT2D eigenvalue weighted by Crippen LogP contribution is -1.97. The highest BCUT2D eigenvalue weighted by molar-refractivity contribution is 7.26. The topological polar surface area (TPSA) is 25.8 Å². The fourth-order valence-electron chi connectivity index (χ4n) is 7.44. The minimum absolute atomic E-state index is 0.708. The van der Waals surface area contributed by atoms with Crippen LogP contribution in [0.4, 0.5) is 0 Å². The van der Waals surface area contributed by atoms with E-state index in [-0.39, 0.29) is 0 Å². The molecule has 8 aromatic carbocycles. The first-order valence-corrected chi connectivity index (χ1v) is 18.1. The van der Waals surface area contributed by atoms with Gasteiger partial charge in [-0.25, -0.2) is 9.97 Å². The summed E-state index contributed by atoms with van der Waals surface area (Å²) >= 11 is 1.86. The summed E-state index contributed by atoms with van der Waals surface area (Å²) in [7, 11) is 0. The van der Waals surface area contributed by atoms with E-state index >= 15 is 0 Å². The van der Waals surface area contributed by atoms with Crippen LogP contribution in [-0.4, -0.2) is 9.97 Å². The van der Waals surface area contributed by atoms with Crippen LogP contribution in [0.5, 0.6) is 0 Å². The molecule has 238 valence electrons. The van der Waals surface area contributed by atoms with Gasteiger partial charge in [0.25, 0.3) is 0 Å². The number of thiophene rings is 1. The molecule has 0 saturated carbocycles. The first-order chi connectivity index (χ1) is 25.3. The van der Waals surface area contributed by atoms with Crippen LogP contribution < -0.4 is 0 Å². The van der Waals surface area contributed by atoms with Crippen molar-refractivity contribution in [3.8, 4) is 56.2 Å². The lowest BCUT2D eigenvalue weighted by Gasteiger charge is -2.15. The molecule has 51 heavy (non-hydrogen) atoms. The van der Waals surface area contributed by atoms with Crippen LogP contribution in [0.3, 0.4) is 0 Å². The monoisotopic (exact) mass is 666 g/mol. The van der Waals surface area contributed by atoms with E-state index in [2.05, 4.69) is 164 Å². The number of rotatable bonds is 5. The quantitative estimate of drug-likeness (QED) is 0.183. The number of hydrogen-bond donors (Lipinski definition) is 0. The lowest BCUT2D eigenvalue weighted by molar-refractivity contribution is 1.18. The van der Waals surface area contributed by atoms with Gasteiger partial charge in [0.05, 0.1) is 11.4 Å². The van der Waals surface area contributed by atoms with E-state index < -0.39 is 0 Å². The van der Waals surface area contributed by atoms with Crippen molar-refractivity contribution < 1.29 is 0 Å². The first-order valence-electron chi connectivity index (χ1n) is 17.2. The standard InChI is InChI=1S/C48H30N2S/c1-2-15-33(16-3-1)48-49-44(30-45(50-48)41-24-11-18-32-14-5-7-20-38(32)41)36-28-34(39-22-10-17-31-13-4-6-19-37(31)39)27-35(29-36)40-23-12-25-43-42-21-8-9-26-46(42)51-47(40)43/h1-30H. The molecular weight excluding hydrogens is 637 g/mol. The van der Waals surface area contributed by atoms with E-state index in [1.54, 1.807) is 0 Å². The Morgan fingerprint density at radius 1 is 0.333 bits per heavy atom. The lowest BCUT2D eigenvalue weighted by atomic mass is 9.91. The fraction of sp³-hybridized carbons (Fsp3) is 0. The van der Waals surface area contributed by atoms with Gasteiger partial charge in [-0.15, -0.1) is 11.3 Å². The molecule has 10 aromatic rings. The Kier molecular flexibility index (Phi) is 7.04. The van der Waals surface area contributed by atoms with E-state index in [0.717, 1.165) is 33.6 Å². The molecule has 0 fully saturated rings. The molecule has 3 heteroatoms. The third kappa shape index (κ3) is 5.18. The molecule has 0 aliphatic carbocycles. The van der Waals surface area contributed by atoms with Crippen molar-refractivity contribution in [2.24, 2.45) is 0 Å². The van der Waals surface area contributed by atoms with Gasteiger partial charge in [0.2, 0.25) is 0 Å². The van der Waals surface area contributed by atoms with Crippen molar-refractivity contribution in [1.29, 1.82) is 0 Å². The second kappa shape index (κ2) is 12.2. The molecule has 0 unspecified atom stereocenters. The summed E-state index contributed by atoms with van der Waals surface area (Å²) < 4.78 is 2.59. The molecule has 0 atom stereocenters. The van der Waals surface area contributed by atoms with E-state index in [9.17, 15) is 0 Å². The van der Waals surface area contributed by atoms with Crippen LogP contribution >= 0.6 is 11.3 Å². The van der Waals surface area contributed by atoms with E-state index in [1.165, 1.54) is 58.4 Å². The Morgan fingerprint density at radius 2 is 0.863 bits per heavy atom. The Bertz CT molecular complexity index is 2910. The third-order valence-corrected chi connectivity index (χ3v) is 11.1. The van der Waals surface area contributed by atoms with Gasteiger partial charge in [0.1, 0.15) is 0 Å². The first kappa shape index (κ1) is 29.5. The second-order valence-electron chi connectivity index (χ2n) is 13.0. The largest absolute Gasteiger partial charge is 0.228 e. The predicted octanol–water partition coefficient (Wildman–Crippen LogP) is 13.5. The summed E-state index contributed by atoms with van der Waals surface area (Å²) in [4.78, 5) is 10.5. The molecule has 2 heterocycles. The average molecular weight is 667 g/mol. The van der Waals surface area contributed by atoms with Gasteiger partial charge in [0.15, 0.2) is 5.82 Å². The summed E-state index contributed by atoms with van der Waals surface area (Å²) in [5, 5.41) is 7.40. The van der Waals surface area contributed by atoms with E-state index in [4.69, 9.17) is 9.97 Å². The molecule has 0 spiro atoms. The zero-order valence-corrected chi connectivity index (χ0v) is 28.4. The molecular formula is C48H30N2S. The van der Waals surface area contributed by atoms with Crippen LogP contribution in [0, 0.1) is 0 Å². The summed E-state index contributed by atoms with van der Waals surface area (Å²) in [6.45, 7) is 0. The summed E-state index contributed by atoms with van der Waals surface area (Å²) in [6, 6.07) is 65.1. The van der Waals surface area contributed by atoms with Crippen molar-refractivity contribution in [3.05, 3.63) is 182 Å². The van der Waals surface area contributed by atoms with E-state index in [0.29, 0.717) is 5.82 Å². The van der Waals surface area contributed by atoms with Crippen molar-refractivity contribution >= 4 is 53.1 Å². The predicted molar refractivity (Wildman–Crippen MR) is 217 cm³/mol. The second-order valence-corrected chi connectivity index (χ2v) is 14.0. The Hall–Kier alpha value is -6.42. The fourth-order valence-corrected chi connectivity index (χ4v) is 8.67. The van der Waals surface area contributed by atoms with Crippen molar-refractivity contribution in [2.45, 2.75) is 0 Å². The number of hydrogen-bond acceptors (Lipinski definition) is 3. The minimum Gasteiger partial charge on any atom is -0.228 e. The Balaban J connectivity index is 1.26. The maximum atomic E-state index is 5.30. The molecule has 0 radical (unpaired) electrons. The van der Waals surface area contributed by atoms with Crippen LogP contribution in [0.15, 0.2) is 182 Å². The highest BCUT2D eigenvalue weighted by atomic mass is 32.1. The average Bonchev–Trinajstić information content (AvgIpc) is 3.59. The summed E-state index contributed by atoms with van der Waals surface area (Å²) in [5.41, 5.74) is 9.67. The molecule has 0 amide bonds. The van der Waals surface area contributed by atoms with Crippen molar-refractivity contribution in [2.75, 3.05) is 0 Å². The smallest absolute Gasteiger partial charge is 0.160 e. The van der Waals surface area contributed by atoms with Crippen molar-refractivity contribution in [3.63, 3.8) is 0 Å². The number of nitrogens with zero attached hydrogens (tertiary/aromatic N) is 2. The Labute approximate surface area is 300 Å². The molecule has 0 aliphatic rings. The molecule has 0 N–H and O–H groups in total. The molecule has 0 aliphatic heterocycles. The maximum Gasteiger partial charge on any atom is 0.160 e. The normalized spacial score (nSPS) is 11.5. The minimum atomic E-state index is 0.708. The maximum absolute atomic E-state index is 5.30. The molecule has 0 saturated heterocycles. The molecule has 0 bridgehead atoms. The summed E-state index contributed by atoms with van der Waals surface area (Å²) in [5.74, 6) is 0.708. The summed E-state index contributed by atoms with van der Waals surface area (Å²) in [6.07, 6.45) is 0. The van der Waals surface area contributed by atoms with Crippen molar-refractivity contribution in [1.82, 2.24) is 9.97 Å². The molecule has 2 nitrogen and oxygen atoms in total. The van der Waals surface area contributed by atoms with Crippen LogP contribution in [0.25, 0.3) is 97.9 Å². The van der Waals surface area contributed by atoms with Gasteiger partial charge >= 0.3 is 0 Å². The number of benzene rings is 8. The highest BCUT2D eigenvalue weighted by Gasteiger charge is 2.17. The molecule has 10 rings (SSSR count). The number of fused-ring (bicyclic) bond motifs is 5. The van der Waals surface area contributed by atoms with Gasteiger partial charge in [-0.2, -0.15) is 0 Å². The van der Waals surface area contributed by atoms with Crippen LogP contribution in [-0.2, 0) is 0 Å². The van der Waals surface area contributed by atoms with Gasteiger partial charge in [0, 0.05) is 36.9 Å². The SMILES string of the molecule is c1ccc(-c2nc(-c3cc(-c4cccc5ccccc45)cc(-c4cccc5c4sc4ccccc45)c3)cc(-c3cccc4ccccc34)n2)cc1. The highest BCUT2D eigenvalue weighted by Crippen LogP contribution is 2.43. The van der Waals surface area contributed by atoms with Gasteiger partial charge in [-0.05, 0) is 74.1 Å². The zero-order chi connectivity index (χ0) is 33.7. The number of aromatic nitrogens is 2. The van der Waals surface area contributed by atoms with Gasteiger partial charge in [-0.3, -0.25) is 0 Å². The molecule has 2 aromatic heterocycles. The van der Waals surface area contributed by atoms with Crippen LogP contribution in [0.2, 0.25) is 0 Å². The van der Waals surface area contributed by atoms with Gasteiger partial charge in [-0.1, -0.05) is 152 Å².